The summed E-state index contributed by atoms with van der Waals surface area (Å²) in [6.07, 6.45) is 9.24. The SMILES string of the molecule is CC(=CC[S+]([O-])c1ccc(C)cc1)CCC=C(C)CCC1OC1(C)C. The average Bonchev–Trinajstić information content (AvgIpc) is 3.18. The van der Waals surface area contributed by atoms with Crippen LogP contribution in [-0.2, 0) is 15.9 Å². The van der Waals surface area contributed by atoms with Gasteiger partial charge in [-0.3, -0.25) is 0 Å². The standard InChI is InChI=1S/C22H32O2S/c1-17(11-14-21-22(4,5)24-21)7-6-8-18(2)15-16-25(23)20-12-9-19(3)10-13-20/h7,9-10,12-13,15,21H,6,8,11,14,16H2,1-5H3. The van der Waals surface area contributed by atoms with E-state index in [1.165, 1.54) is 16.7 Å². The van der Waals surface area contributed by atoms with Gasteiger partial charge in [0.2, 0.25) is 0 Å². The molecule has 2 atom stereocenters. The van der Waals surface area contributed by atoms with Crippen molar-refractivity contribution < 1.29 is 9.29 Å². The number of ether oxygens (including phenoxy) is 1. The van der Waals surface area contributed by atoms with Crippen LogP contribution < -0.4 is 0 Å². The maximum absolute atomic E-state index is 12.3. The number of rotatable bonds is 9. The van der Waals surface area contributed by atoms with Gasteiger partial charge in [0.05, 0.1) is 11.7 Å². The van der Waals surface area contributed by atoms with Crippen LogP contribution in [0, 0.1) is 6.92 Å². The Labute approximate surface area is 156 Å². The molecule has 1 saturated heterocycles. The minimum absolute atomic E-state index is 0.104. The number of aryl methyl sites for hydroxylation is 1. The van der Waals surface area contributed by atoms with Gasteiger partial charge in [-0.25, -0.2) is 0 Å². The molecule has 2 unspecified atom stereocenters. The van der Waals surface area contributed by atoms with E-state index in [-0.39, 0.29) is 5.60 Å². The van der Waals surface area contributed by atoms with Crippen LogP contribution >= 0.6 is 0 Å². The third kappa shape index (κ3) is 7.01. The van der Waals surface area contributed by atoms with Crippen LogP contribution in [0.4, 0.5) is 0 Å². The molecular formula is C22H32O2S. The second kappa shape index (κ2) is 9.07. The summed E-state index contributed by atoms with van der Waals surface area (Å²) in [4.78, 5) is 0.913. The Hall–Kier alpha value is -1.03. The minimum Gasteiger partial charge on any atom is -0.611 e. The molecule has 1 heterocycles. The van der Waals surface area contributed by atoms with E-state index >= 15 is 0 Å². The molecule has 0 aromatic heterocycles. The molecule has 0 N–H and O–H groups in total. The molecule has 0 saturated carbocycles. The second-order valence-corrected chi connectivity index (χ2v) is 9.21. The summed E-state index contributed by atoms with van der Waals surface area (Å²) >= 11 is -0.941. The van der Waals surface area contributed by atoms with E-state index in [0.29, 0.717) is 11.9 Å². The van der Waals surface area contributed by atoms with Crippen LogP contribution in [0.5, 0.6) is 0 Å². The predicted molar refractivity (Wildman–Crippen MR) is 107 cm³/mol. The third-order valence-electron chi connectivity index (χ3n) is 4.86. The predicted octanol–water partition coefficient (Wildman–Crippen LogP) is 5.73. The normalized spacial score (nSPS) is 21.3. The van der Waals surface area contributed by atoms with Crippen molar-refractivity contribution in [3.05, 3.63) is 53.1 Å². The fraction of sp³-hybridized carbons (Fsp3) is 0.545. The van der Waals surface area contributed by atoms with Gasteiger partial charge in [0.25, 0.3) is 0 Å². The Morgan fingerprint density at radius 3 is 2.32 bits per heavy atom. The van der Waals surface area contributed by atoms with Gasteiger partial charge >= 0.3 is 0 Å². The molecule has 25 heavy (non-hydrogen) atoms. The molecule has 0 amide bonds. The van der Waals surface area contributed by atoms with Crippen LogP contribution in [0.25, 0.3) is 0 Å². The summed E-state index contributed by atoms with van der Waals surface area (Å²) in [6, 6.07) is 7.97. The molecule has 0 bridgehead atoms. The van der Waals surface area contributed by atoms with Crippen LogP contribution in [0.1, 0.15) is 58.9 Å². The summed E-state index contributed by atoms with van der Waals surface area (Å²) in [5.41, 5.74) is 4.07. The number of allylic oxidation sites excluding steroid dienone is 3. The Morgan fingerprint density at radius 1 is 1.12 bits per heavy atom. The van der Waals surface area contributed by atoms with E-state index in [9.17, 15) is 4.55 Å². The third-order valence-corrected chi connectivity index (χ3v) is 6.13. The van der Waals surface area contributed by atoms with Crippen molar-refractivity contribution in [3.63, 3.8) is 0 Å². The van der Waals surface area contributed by atoms with Gasteiger partial charge in [-0.05, 0) is 89.7 Å². The molecule has 3 heteroatoms. The molecule has 1 aromatic rings. The van der Waals surface area contributed by atoms with Gasteiger partial charge in [-0.1, -0.05) is 34.9 Å². The van der Waals surface area contributed by atoms with Crippen molar-refractivity contribution in [1.29, 1.82) is 0 Å². The van der Waals surface area contributed by atoms with Crippen molar-refractivity contribution in [2.24, 2.45) is 0 Å². The lowest BCUT2D eigenvalue weighted by atomic mass is 10.0. The van der Waals surface area contributed by atoms with Crippen molar-refractivity contribution in [1.82, 2.24) is 0 Å². The molecule has 0 radical (unpaired) electrons. The van der Waals surface area contributed by atoms with E-state index in [4.69, 9.17) is 4.74 Å². The summed E-state index contributed by atoms with van der Waals surface area (Å²) in [5.74, 6) is 0.603. The highest BCUT2D eigenvalue weighted by atomic mass is 32.2. The Bertz CT molecular complexity index is 613. The molecule has 1 aliphatic heterocycles. The van der Waals surface area contributed by atoms with Gasteiger partial charge in [0.1, 0.15) is 5.75 Å². The molecular weight excluding hydrogens is 328 g/mol. The molecule has 138 valence electrons. The number of epoxide rings is 1. The van der Waals surface area contributed by atoms with Gasteiger partial charge in [-0.2, -0.15) is 0 Å². The van der Waals surface area contributed by atoms with Gasteiger partial charge < -0.3 is 9.29 Å². The maximum Gasteiger partial charge on any atom is 0.153 e. The molecule has 2 nitrogen and oxygen atoms in total. The van der Waals surface area contributed by atoms with E-state index in [1.54, 1.807) is 0 Å². The first kappa shape index (κ1) is 20.3. The van der Waals surface area contributed by atoms with Crippen LogP contribution in [0.3, 0.4) is 0 Å². The fourth-order valence-electron chi connectivity index (χ4n) is 2.85. The minimum atomic E-state index is -0.941. The molecule has 2 rings (SSSR count). The Kier molecular flexibility index (Phi) is 7.36. The summed E-state index contributed by atoms with van der Waals surface area (Å²) < 4.78 is 17.9. The monoisotopic (exact) mass is 360 g/mol. The maximum atomic E-state index is 12.3. The lowest BCUT2D eigenvalue weighted by molar-refractivity contribution is 0.320. The van der Waals surface area contributed by atoms with Crippen molar-refractivity contribution in [2.45, 2.75) is 76.9 Å². The number of benzene rings is 1. The molecule has 1 fully saturated rings. The molecule has 1 aromatic carbocycles. The van der Waals surface area contributed by atoms with Crippen molar-refractivity contribution >= 4 is 11.2 Å². The summed E-state index contributed by atoms with van der Waals surface area (Å²) in [7, 11) is 0. The first-order chi connectivity index (χ1) is 11.8. The Balaban J connectivity index is 1.68. The van der Waals surface area contributed by atoms with Crippen LogP contribution in [0.2, 0.25) is 0 Å². The zero-order valence-electron chi connectivity index (χ0n) is 16.3. The topological polar surface area (TPSA) is 35.6 Å². The first-order valence-corrected chi connectivity index (χ1v) is 10.5. The van der Waals surface area contributed by atoms with E-state index in [1.807, 2.05) is 31.2 Å². The molecule has 0 aliphatic carbocycles. The number of hydrogen-bond acceptors (Lipinski definition) is 2. The first-order valence-electron chi connectivity index (χ1n) is 9.22. The zero-order valence-corrected chi connectivity index (χ0v) is 17.1. The lowest BCUT2D eigenvalue weighted by Gasteiger charge is -2.09. The highest BCUT2D eigenvalue weighted by molar-refractivity contribution is 7.91. The summed E-state index contributed by atoms with van der Waals surface area (Å²) in [5, 5.41) is 0. The lowest BCUT2D eigenvalue weighted by Crippen LogP contribution is -2.05. The van der Waals surface area contributed by atoms with Crippen molar-refractivity contribution in [3.8, 4) is 0 Å². The molecule has 0 spiro atoms. The van der Waals surface area contributed by atoms with Crippen LogP contribution in [0.15, 0.2) is 52.5 Å². The second-order valence-electron chi connectivity index (χ2n) is 7.71. The quantitative estimate of drug-likeness (QED) is 0.320. The molecule has 1 aliphatic rings. The zero-order chi connectivity index (χ0) is 18.4. The highest BCUT2D eigenvalue weighted by Gasteiger charge is 2.46. The largest absolute Gasteiger partial charge is 0.611 e. The van der Waals surface area contributed by atoms with Gasteiger partial charge in [-0.15, -0.1) is 0 Å². The number of hydrogen-bond donors (Lipinski definition) is 0. The smallest absolute Gasteiger partial charge is 0.153 e. The van der Waals surface area contributed by atoms with Gasteiger partial charge in [0, 0.05) is 0 Å². The van der Waals surface area contributed by atoms with Crippen LogP contribution in [-0.4, -0.2) is 22.0 Å². The van der Waals surface area contributed by atoms with Crippen molar-refractivity contribution in [2.75, 3.05) is 5.75 Å². The van der Waals surface area contributed by atoms with E-state index in [0.717, 1.165) is 30.6 Å². The highest BCUT2D eigenvalue weighted by Crippen LogP contribution is 2.38. The fourth-order valence-corrected chi connectivity index (χ4v) is 3.92. The average molecular weight is 361 g/mol. The van der Waals surface area contributed by atoms with E-state index in [2.05, 4.69) is 39.8 Å². The Morgan fingerprint density at radius 2 is 1.72 bits per heavy atom. The van der Waals surface area contributed by atoms with E-state index < -0.39 is 11.2 Å². The van der Waals surface area contributed by atoms with Gasteiger partial charge in [0.15, 0.2) is 4.90 Å². The summed E-state index contributed by atoms with van der Waals surface area (Å²) in [6.45, 7) is 10.7.